The standard InChI is InChI=1S/C11H15N3O3S/c1-18-11-12-3-7(4-13-11)5-14-6-8(15)2-9(14)10(16)17/h3-4,8-9,15H,2,5-6H2,1H3,(H,16,17)/t8-,9+/m1/s1. The Hall–Kier alpha value is -1.18. The Morgan fingerprint density at radius 2 is 2.22 bits per heavy atom. The summed E-state index contributed by atoms with van der Waals surface area (Å²) < 4.78 is 0. The van der Waals surface area contributed by atoms with Gasteiger partial charge in [0.05, 0.1) is 6.10 Å². The largest absolute Gasteiger partial charge is 0.480 e. The molecule has 0 spiro atoms. The molecule has 0 aromatic carbocycles. The van der Waals surface area contributed by atoms with Crippen LogP contribution in [0.1, 0.15) is 12.0 Å². The zero-order valence-corrected chi connectivity index (χ0v) is 10.8. The third-order valence-electron chi connectivity index (χ3n) is 2.92. The highest BCUT2D eigenvalue weighted by molar-refractivity contribution is 7.98. The average Bonchev–Trinajstić information content (AvgIpc) is 2.71. The lowest BCUT2D eigenvalue weighted by Crippen LogP contribution is -2.35. The Morgan fingerprint density at radius 1 is 1.56 bits per heavy atom. The van der Waals surface area contributed by atoms with Crippen molar-refractivity contribution in [2.75, 3.05) is 12.8 Å². The van der Waals surface area contributed by atoms with Crippen LogP contribution in [-0.4, -0.2) is 56.0 Å². The van der Waals surface area contributed by atoms with Crippen molar-refractivity contribution in [2.45, 2.75) is 30.3 Å². The Labute approximate surface area is 109 Å². The maximum Gasteiger partial charge on any atom is 0.321 e. The number of aliphatic carboxylic acids is 1. The number of thioether (sulfide) groups is 1. The second-order valence-corrected chi connectivity index (χ2v) is 5.02. The number of likely N-dealkylation sites (tertiary alicyclic amines) is 1. The first-order valence-electron chi connectivity index (χ1n) is 5.60. The predicted molar refractivity (Wildman–Crippen MR) is 66.3 cm³/mol. The molecule has 18 heavy (non-hydrogen) atoms. The van der Waals surface area contributed by atoms with E-state index in [1.54, 1.807) is 17.3 Å². The van der Waals surface area contributed by atoms with E-state index in [9.17, 15) is 9.90 Å². The van der Waals surface area contributed by atoms with Crippen molar-refractivity contribution in [1.82, 2.24) is 14.9 Å². The second-order valence-electron chi connectivity index (χ2n) is 4.25. The molecule has 2 rings (SSSR count). The molecule has 1 aliphatic heterocycles. The van der Waals surface area contributed by atoms with Crippen LogP contribution in [0.15, 0.2) is 17.6 Å². The fourth-order valence-electron chi connectivity index (χ4n) is 2.08. The Bertz CT molecular complexity index is 426. The van der Waals surface area contributed by atoms with Gasteiger partial charge in [0.2, 0.25) is 0 Å². The van der Waals surface area contributed by atoms with Gasteiger partial charge >= 0.3 is 5.97 Å². The topological polar surface area (TPSA) is 86.5 Å². The van der Waals surface area contributed by atoms with Gasteiger partial charge in [0.1, 0.15) is 6.04 Å². The number of nitrogens with zero attached hydrogens (tertiary/aromatic N) is 3. The first-order chi connectivity index (χ1) is 8.60. The van der Waals surface area contributed by atoms with Crippen molar-refractivity contribution < 1.29 is 15.0 Å². The van der Waals surface area contributed by atoms with Gasteiger partial charge in [0.15, 0.2) is 5.16 Å². The first-order valence-corrected chi connectivity index (χ1v) is 6.82. The van der Waals surface area contributed by atoms with E-state index in [-0.39, 0.29) is 6.42 Å². The van der Waals surface area contributed by atoms with Crippen molar-refractivity contribution in [3.8, 4) is 0 Å². The van der Waals surface area contributed by atoms with Crippen LogP contribution in [0.5, 0.6) is 0 Å². The smallest absolute Gasteiger partial charge is 0.321 e. The number of carbonyl (C=O) groups is 1. The summed E-state index contributed by atoms with van der Waals surface area (Å²) in [4.78, 5) is 21.1. The van der Waals surface area contributed by atoms with Crippen LogP contribution in [0.2, 0.25) is 0 Å². The van der Waals surface area contributed by atoms with Gasteiger partial charge in [-0.05, 0) is 6.26 Å². The van der Waals surface area contributed by atoms with Crippen LogP contribution in [0.25, 0.3) is 0 Å². The molecular weight excluding hydrogens is 254 g/mol. The molecule has 2 atom stereocenters. The van der Waals surface area contributed by atoms with Crippen LogP contribution in [0.3, 0.4) is 0 Å². The van der Waals surface area contributed by atoms with Gasteiger partial charge in [-0.1, -0.05) is 11.8 Å². The summed E-state index contributed by atoms with van der Waals surface area (Å²) in [6.45, 7) is 0.823. The molecule has 0 saturated carbocycles. The molecule has 6 nitrogen and oxygen atoms in total. The van der Waals surface area contributed by atoms with Crippen molar-refractivity contribution in [3.05, 3.63) is 18.0 Å². The van der Waals surface area contributed by atoms with Crippen LogP contribution < -0.4 is 0 Å². The third kappa shape index (κ3) is 2.98. The second kappa shape index (κ2) is 5.64. The van der Waals surface area contributed by atoms with Gasteiger partial charge in [-0.15, -0.1) is 0 Å². The highest BCUT2D eigenvalue weighted by Crippen LogP contribution is 2.20. The quantitative estimate of drug-likeness (QED) is 0.597. The molecule has 0 bridgehead atoms. The summed E-state index contributed by atoms with van der Waals surface area (Å²) in [5.41, 5.74) is 0.855. The average molecular weight is 269 g/mol. The van der Waals surface area contributed by atoms with E-state index in [0.717, 1.165) is 5.56 Å². The van der Waals surface area contributed by atoms with Gasteiger partial charge in [-0.2, -0.15) is 0 Å². The van der Waals surface area contributed by atoms with Crippen molar-refractivity contribution in [1.29, 1.82) is 0 Å². The number of aliphatic hydroxyl groups excluding tert-OH is 1. The van der Waals surface area contributed by atoms with Crippen LogP contribution >= 0.6 is 11.8 Å². The van der Waals surface area contributed by atoms with Crippen LogP contribution in [0.4, 0.5) is 0 Å². The molecule has 0 amide bonds. The molecule has 0 radical (unpaired) electrons. The zero-order chi connectivity index (χ0) is 13.1. The lowest BCUT2D eigenvalue weighted by Gasteiger charge is -2.20. The van der Waals surface area contributed by atoms with Gasteiger partial charge in [-0.25, -0.2) is 9.97 Å². The maximum atomic E-state index is 11.1. The maximum absolute atomic E-state index is 11.1. The Morgan fingerprint density at radius 3 is 2.78 bits per heavy atom. The molecule has 98 valence electrons. The number of β-amino-alcohol motifs (C(OH)–C–C–N with tert-alkyl or cyclic N) is 1. The zero-order valence-electron chi connectivity index (χ0n) is 9.98. The third-order valence-corrected chi connectivity index (χ3v) is 3.49. The summed E-state index contributed by atoms with van der Waals surface area (Å²) in [6, 6.07) is -0.625. The highest BCUT2D eigenvalue weighted by atomic mass is 32.2. The van der Waals surface area contributed by atoms with E-state index >= 15 is 0 Å². The summed E-state index contributed by atoms with van der Waals surface area (Å²) in [5.74, 6) is -0.895. The fourth-order valence-corrected chi connectivity index (χ4v) is 2.39. The number of aliphatic hydroxyl groups is 1. The molecule has 2 N–H and O–H groups in total. The minimum Gasteiger partial charge on any atom is -0.480 e. The van der Waals surface area contributed by atoms with Gasteiger partial charge in [0.25, 0.3) is 0 Å². The summed E-state index contributed by atoms with van der Waals surface area (Å²) >= 11 is 1.46. The summed E-state index contributed by atoms with van der Waals surface area (Å²) in [5, 5.41) is 19.3. The van der Waals surface area contributed by atoms with Crippen molar-refractivity contribution in [3.63, 3.8) is 0 Å². The number of aromatic nitrogens is 2. The number of carboxylic acids is 1. The molecule has 0 unspecified atom stereocenters. The lowest BCUT2D eigenvalue weighted by molar-refractivity contribution is -0.142. The SMILES string of the molecule is CSc1ncc(CN2C[C@H](O)C[C@H]2C(=O)O)cn1. The molecule has 2 heterocycles. The van der Waals surface area contributed by atoms with E-state index in [4.69, 9.17) is 5.11 Å². The fraction of sp³-hybridized carbons (Fsp3) is 0.545. The molecule has 1 saturated heterocycles. The lowest BCUT2D eigenvalue weighted by atomic mass is 10.2. The van der Waals surface area contributed by atoms with Crippen molar-refractivity contribution >= 4 is 17.7 Å². The number of rotatable bonds is 4. The molecule has 7 heteroatoms. The predicted octanol–water partition coefficient (Wildman–Crippen LogP) is 0.218. The van der Waals surface area contributed by atoms with Crippen molar-refractivity contribution in [2.24, 2.45) is 0 Å². The summed E-state index contributed by atoms with van der Waals surface area (Å²) in [6.07, 6.45) is 4.99. The Balaban J connectivity index is 2.05. The molecule has 1 aromatic heterocycles. The van der Waals surface area contributed by atoms with Gasteiger partial charge < -0.3 is 10.2 Å². The summed E-state index contributed by atoms with van der Waals surface area (Å²) in [7, 11) is 0. The van der Waals surface area contributed by atoms with Gasteiger partial charge in [-0.3, -0.25) is 9.69 Å². The van der Waals surface area contributed by atoms with E-state index < -0.39 is 18.1 Å². The Kier molecular flexibility index (Phi) is 4.15. The normalized spacial score (nSPS) is 24.3. The minimum atomic E-state index is -0.895. The molecular formula is C11H15N3O3S. The van der Waals surface area contributed by atoms with E-state index in [2.05, 4.69) is 9.97 Å². The molecule has 1 aliphatic rings. The van der Waals surface area contributed by atoms with E-state index in [1.165, 1.54) is 11.8 Å². The van der Waals surface area contributed by atoms with E-state index in [0.29, 0.717) is 18.2 Å². The molecule has 0 aliphatic carbocycles. The number of hydrogen-bond donors (Lipinski definition) is 2. The van der Waals surface area contributed by atoms with E-state index in [1.807, 2.05) is 6.26 Å². The first kappa shape index (κ1) is 13.3. The number of hydrogen-bond acceptors (Lipinski definition) is 6. The highest BCUT2D eigenvalue weighted by Gasteiger charge is 2.35. The monoisotopic (exact) mass is 269 g/mol. The number of carboxylic acid groups (broad SMARTS) is 1. The molecule has 1 fully saturated rings. The molecule has 1 aromatic rings. The minimum absolute atomic E-state index is 0.277. The van der Waals surface area contributed by atoms with Gasteiger partial charge in [0, 0.05) is 37.5 Å². The van der Waals surface area contributed by atoms with Crippen LogP contribution in [-0.2, 0) is 11.3 Å². The van der Waals surface area contributed by atoms with Crippen LogP contribution in [0, 0.1) is 0 Å².